The van der Waals surface area contributed by atoms with Gasteiger partial charge in [0.15, 0.2) is 0 Å². The van der Waals surface area contributed by atoms with Crippen LogP contribution in [0.2, 0.25) is 0 Å². The predicted octanol–water partition coefficient (Wildman–Crippen LogP) is 5.87. The summed E-state index contributed by atoms with van der Waals surface area (Å²) in [6.07, 6.45) is 3.87. The van der Waals surface area contributed by atoms with Gasteiger partial charge in [0.25, 0.3) is 0 Å². The molecule has 1 aliphatic carbocycles. The smallest absolute Gasteiger partial charge is 0.407 e. The summed E-state index contributed by atoms with van der Waals surface area (Å²) < 4.78 is 4.76. The van der Waals surface area contributed by atoms with Gasteiger partial charge in [-0.2, -0.15) is 0 Å². The minimum Gasteiger partial charge on any atom is -0.465 e. The molecule has 0 radical (unpaired) electrons. The maximum Gasteiger partial charge on any atom is 0.407 e. The quantitative estimate of drug-likeness (QED) is 0.131. The minimum absolute atomic E-state index is 0.136. The number of aliphatic hydroxyl groups is 1. The highest BCUT2D eigenvalue weighted by molar-refractivity contribution is 5.87. The van der Waals surface area contributed by atoms with Gasteiger partial charge in [0.05, 0.1) is 43.0 Å². The molecular weight excluding hydrogens is 716 g/mol. The first-order valence-electron chi connectivity index (χ1n) is 19.3. The van der Waals surface area contributed by atoms with Crippen LogP contribution in [-0.4, -0.2) is 108 Å². The van der Waals surface area contributed by atoms with Crippen molar-refractivity contribution in [3.05, 3.63) is 71.6 Å². The van der Waals surface area contributed by atoms with Crippen molar-refractivity contribution in [1.82, 2.24) is 40.0 Å². The highest BCUT2D eigenvalue weighted by Crippen LogP contribution is 2.46. The van der Waals surface area contributed by atoms with Gasteiger partial charge in [-0.3, -0.25) is 14.5 Å². The van der Waals surface area contributed by atoms with E-state index in [9.17, 15) is 29.4 Å². The monoisotopic (exact) mass is 766 g/mol. The Morgan fingerprint density at radius 3 is 1.77 bits per heavy atom. The fourth-order valence-electron chi connectivity index (χ4n) is 8.57. The van der Waals surface area contributed by atoms with E-state index in [0.717, 1.165) is 68.9 Å². The highest BCUT2D eigenvalue weighted by atomic mass is 16.5. The Hall–Kier alpha value is -5.70. The number of carbonyl (C=O) groups is 4. The van der Waals surface area contributed by atoms with Gasteiger partial charge >= 0.3 is 12.2 Å². The number of rotatable bonds is 10. The molecule has 4 heterocycles. The number of carboxylic acid groups (broad SMARTS) is 1. The van der Waals surface area contributed by atoms with E-state index in [-0.39, 0.29) is 35.7 Å². The van der Waals surface area contributed by atoms with E-state index >= 15 is 0 Å². The first-order chi connectivity index (χ1) is 26.8. The maximum absolute atomic E-state index is 13.7. The van der Waals surface area contributed by atoms with Gasteiger partial charge < -0.3 is 40.0 Å². The van der Waals surface area contributed by atoms with E-state index in [1.54, 1.807) is 22.2 Å². The number of nitrogens with zero attached hydrogens (tertiary/aromatic N) is 5. The van der Waals surface area contributed by atoms with Gasteiger partial charge in [0.1, 0.15) is 29.8 Å². The number of aliphatic hydroxyl groups excluding tert-OH is 1. The second kappa shape index (κ2) is 15.4. The number of H-pyrrole nitrogens is 2. The first-order valence-corrected chi connectivity index (χ1v) is 19.3. The van der Waals surface area contributed by atoms with Crippen LogP contribution in [0.15, 0.2) is 48.8 Å². The fraction of sp³-hybridized carbons (Fsp3) is 0.463. The third kappa shape index (κ3) is 6.99. The molecule has 2 aromatic carbocycles. The van der Waals surface area contributed by atoms with Crippen LogP contribution in [0, 0.1) is 11.8 Å². The van der Waals surface area contributed by atoms with Crippen LogP contribution in [0.4, 0.5) is 9.59 Å². The van der Waals surface area contributed by atoms with Gasteiger partial charge in [0.2, 0.25) is 11.8 Å². The number of amides is 4. The summed E-state index contributed by atoms with van der Waals surface area (Å²) in [5.41, 5.74) is 6.61. The summed E-state index contributed by atoms with van der Waals surface area (Å²) in [7, 11) is 2.71. The fourth-order valence-corrected chi connectivity index (χ4v) is 8.57. The van der Waals surface area contributed by atoms with E-state index < -0.39 is 30.4 Å². The molecule has 296 valence electrons. The molecule has 2 aliphatic heterocycles. The molecule has 5 N–H and O–H groups in total. The van der Waals surface area contributed by atoms with E-state index in [1.165, 1.54) is 14.2 Å². The number of fused-ring (bicyclic) bond motifs is 3. The number of ether oxygens (including phenoxy) is 1. The summed E-state index contributed by atoms with van der Waals surface area (Å²) in [4.78, 5) is 71.8. The molecule has 0 saturated carbocycles. The molecule has 2 unspecified atom stereocenters. The van der Waals surface area contributed by atoms with Crippen molar-refractivity contribution < 1.29 is 34.1 Å². The van der Waals surface area contributed by atoms with Gasteiger partial charge in [-0.05, 0) is 83.0 Å². The second-order valence-electron chi connectivity index (χ2n) is 15.7. The number of likely N-dealkylation sites (N-methyl/N-ethyl adjacent to an activating group) is 1. The molecule has 7 rings (SSSR count). The number of alkyl carbamates (subject to hydrolysis) is 1. The van der Waals surface area contributed by atoms with Crippen LogP contribution < -0.4 is 5.32 Å². The number of nitrogens with one attached hydrogen (secondary N) is 3. The molecule has 4 amide bonds. The normalized spacial score (nSPS) is 19.9. The van der Waals surface area contributed by atoms with E-state index in [4.69, 9.17) is 4.74 Å². The molecule has 0 spiro atoms. The lowest BCUT2D eigenvalue weighted by molar-refractivity contribution is -0.138. The largest absolute Gasteiger partial charge is 0.465 e. The number of carbonyl (C=O) groups excluding carboxylic acids is 3. The van der Waals surface area contributed by atoms with Crippen LogP contribution in [-0.2, 0) is 14.3 Å². The first kappa shape index (κ1) is 38.6. The number of imidazole rings is 2. The molecule has 56 heavy (non-hydrogen) atoms. The zero-order chi connectivity index (χ0) is 40.0. The SMILES string of the molecule is COC(=O)N[C@H](C(=O)N1CCCC1c1ncc(-c2ccc3c(c2)C(O)c2cc(-c4cnc([C@@H]5CCCN5C(=O)[C@H](C(C)C)N(C)C(=O)O)[nH]4)ccc2-3)[nH]1)C(C)C. The third-order valence-electron chi connectivity index (χ3n) is 11.5. The Morgan fingerprint density at radius 1 is 0.821 bits per heavy atom. The van der Waals surface area contributed by atoms with E-state index in [1.807, 2.05) is 64.1 Å². The van der Waals surface area contributed by atoms with Gasteiger partial charge in [0, 0.05) is 20.1 Å². The number of hydrogen-bond donors (Lipinski definition) is 5. The number of likely N-dealkylation sites (tertiary alicyclic amines) is 2. The van der Waals surface area contributed by atoms with Crippen LogP contribution in [0.1, 0.15) is 94.3 Å². The number of hydrogen-bond acceptors (Lipinski definition) is 8. The molecule has 2 aromatic heterocycles. The minimum atomic E-state index is -1.14. The Labute approximate surface area is 325 Å². The number of aromatic nitrogens is 4. The summed E-state index contributed by atoms with van der Waals surface area (Å²) in [5, 5.41) is 24.0. The Morgan fingerprint density at radius 2 is 1.32 bits per heavy atom. The summed E-state index contributed by atoms with van der Waals surface area (Å²) in [5.74, 6) is 0.567. The van der Waals surface area contributed by atoms with Crippen LogP contribution >= 0.6 is 0 Å². The Bertz CT molecular complexity index is 2140. The molecule has 2 saturated heterocycles. The van der Waals surface area contributed by atoms with E-state index in [0.29, 0.717) is 31.2 Å². The lowest BCUT2D eigenvalue weighted by Gasteiger charge is -2.33. The molecule has 5 atom stereocenters. The summed E-state index contributed by atoms with van der Waals surface area (Å²) in [6, 6.07) is 9.82. The molecule has 3 aliphatic rings. The average Bonchev–Trinajstić information content (AvgIpc) is 4.03. The topological polar surface area (TPSA) is 197 Å². The Balaban J connectivity index is 1.08. The molecule has 15 heteroatoms. The number of methoxy groups -OCH3 is 1. The highest BCUT2D eigenvalue weighted by Gasteiger charge is 2.40. The van der Waals surface area contributed by atoms with Crippen molar-refractivity contribution in [1.29, 1.82) is 0 Å². The third-order valence-corrected chi connectivity index (χ3v) is 11.5. The second-order valence-corrected chi connectivity index (χ2v) is 15.7. The average molecular weight is 767 g/mol. The van der Waals surface area contributed by atoms with Crippen molar-refractivity contribution in [3.8, 4) is 33.6 Å². The maximum atomic E-state index is 13.7. The van der Waals surface area contributed by atoms with Crippen molar-refractivity contribution in [2.24, 2.45) is 11.8 Å². The van der Waals surface area contributed by atoms with Crippen molar-refractivity contribution >= 4 is 24.0 Å². The van der Waals surface area contributed by atoms with Crippen LogP contribution in [0.5, 0.6) is 0 Å². The molecule has 2 fully saturated rings. The zero-order valence-electron chi connectivity index (χ0n) is 32.6. The Kier molecular flexibility index (Phi) is 10.6. The summed E-state index contributed by atoms with van der Waals surface area (Å²) >= 11 is 0. The van der Waals surface area contributed by atoms with Crippen molar-refractivity contribution in [2.45, 2.75) is 83.6 Å². The standard InChI is InChI=1S/C41H50N8O7/c1-21(2)33(46-40(53)56-6)38(51)48-15-7-9-31(48)36-42-19-29(44-36)23-11-13-25-26-14-12-24(18-28(26)35(50)27(25)17-23)30-20-43-37(45-30)32-10-8-16-49(32)39(52)34(22(3)4)47(5)41(54)55/h11-14,17-22,31-35,50H,7-10,15-16H2,1-6H3,(H,42,44)(H,43,45)(H,46,53)(H,54,55)/t31?,32-,33-,34-,35?/m0/s1. The number of aromatic amines is 2. The van der Waals surface area contributed by atoms with Gasteiger partial charge in [-0.15, -0.1) is 0 Å². The molecule has 4 aromatic rings. The molecular formula is C41H50N8O7. The van der Waals surface area contributed by atoms with Crippen molar-refractivity contribution in [2.75, 3.05) is 27.2 Å². The van der Waals surface area contributed by atoms with E-state index in [2.05, 4.69) is 25.3 Å². The number of benzene rings is 2. The van der Waals surface area contributed by atoms with Crippen molar-refractivity contribution in [3.63, 3.8) is 0 Å². The molecule has 15 nitrogen and oxygen atoms in total. The lowest BCUT2D eigenvalue weighted by atomic mass is 10.0. The predicted molar refractivity (Wildman–Crippen MR) is 207 cm³/mol. The van der Waals surface area contributed by atoms with Gasteiger partial charge in [-0.25, -0.2) is 19.6 Å². The lowest BCUT2D eigenvalue weighted by Crippen LogP contribution is -2.51. The zero-order valence-corrected chi connectivity index (χ0v) is 32.6. The molecule has 0 bridgehead atoms. The van der Waals surface area contributed by atoms with Crippen LogP contribution in [0.3, 0.4) is 0 Å². The summed E-state index contributed by atoms with van der Waals surface area (Å²) in [6.45, 7) is 8.54. The van der Waals surface area contributed by atoms with Crippen LogP contribution in [0.25, 0.3) is 33.6 Å². The van der Waals surface area contributed by atoms with Gasteiger partial charge in [-0.1, -0.05) is 52.0 Å².